The van der Waals surface area contributed by atoms with Crippen molar-refractivity contribution in [3.05, 3.63) is 23.6 Å². The standard InChI is InChI=1S/C13H18FN3OS2/c1-2-15-12-11(14)10(3-4-16-12)13(18)17-7-9-8-19-5-6-20-9/h3-4,9H,2,5-8H2,1H3,(H,15,16)(H,17,18). The lowest BCUT2D eigenvalue weighted by atomic mass is 10.2. The van der Waals surface area contributed by atoms with Crippen LogP contribution in [-0.2, 0) is 0 Å². The molecule has 1 atom stereocenters. The van der Waals surface area contributed by atoms with E-state index >= 15 is 0 Å². The van der Waals surface area contributed by atoms with Crippen LogP contribution in [0.25, 0.3) is 0 Å². The smallest absolute Gasteiger partial charge is 0.254 e. The van der Waals surface area contributed by atoms with Gasteiger partial charge in [-0.05, 0) is 13.0 Å². The van der Waals surface area contributed by atoms with Gasteiger partial charge in [-0.15, -0.1) is 0 Å². The van der Waals surface area contributed by atoms with Crippen molar-refractivity contribution in [3.8, 4) is 0 Å². The zero-order valence-corrected chi connectivity index (χ0v) is 13.0. The lowest BCUT2D eigenvalue weighted by molar-refractivity contribution is 0.0950. The Morgan fingerprint density at radius 1 is 1.55 bits per heavy atom. The monoisotopic (exact) mass is 315 g/mol. The first-order valence-electron chi connectivity index (χ1n) is 6.58. The molecule has 0 saturated carbocycles. The lowest BCUT2D eigenvalue weighted by Crippen LogP contribution is -2.34. The highest BCUT2D eigenvalue weighted by Gasteiger charge is 2.19. The summed E-state index contributed by atoms with van der Waals surface area (Å²) in [6.07, 6.45) is 1.45. The molecule has 1 aliphatic heterocycles. The first kappa shape index (κ1) is 15.4. The molecule has 1 aromatic heterocycles. The number of pyridine rings is 1. The Morgan fingerprint density at radius 3 is 3.10 bits per heavy atom. The van der Waals surface area contributed by atoms with Gasteiger partial charge in [0.1, 0.15) is 0 Å². The number of carbonyl (C=O) groups excluding carboxylic acids is 1. The quantitative estimate of drug-likeness (QED) is 0.873. The van der Waals surface area contributed by atoms with E-state index in [0.29, 0.717) is 18.3 Å². The molecule has 2 rings (SSSR count). The molecule has 4 nitrogen and oxygen atoms in total. The van der Waals surface area contributed by atoms with Gasteiger partial charge in [-0.25, -0.2) is 9.37 Å². The summed E-state index contributed by atoms with van der Waals surface area (Å²) in [6.45, 7) is 2.99. The number of rotatable bonds is 5. The van der Waals surface area contributed by atoms with Crippen LogP contribution in [0.3, 0.4) is 0 Å². The number of nitrogens with one attached hydrogen (secondary N) is 2. The molecule has 0 spiro atoms. The van der Waals surface area contributed by atoms with E-state index < -0.39 is 5.82 Å². The highest BCUT2D eigenvalue weighted by Crippen LogP contribution is 2.23. The Kier molecular flexibility index (Phi) is 5.97. The molecular formula is C13H18FN3OS2. The third-order valence-electron chi connectivity index (χ3n) is 2.85. The molecule has 1 amide bonds. The molecule has 0 aromatic carbocycles. The fraction of sp³-hybridized carbons (Fsp3) is 0.538. The second kappa shape index (κ2) is 7.73. The average Bonchev–Trinajstić information content (AvgIpc) is 2.48. The van der Waals surface area contributed by atoms with Crippen LogP contribution >= 0.6 is 23.5 Å². The number of hydrogen-bond donors (Lipinski definition) is 2. The van der Waals surface area contributed by atoms with Crippen molar-refractivity contribution in [2.75, 3.05) is 35.7 Å². The Hall–Kier alpha value is -0.950. The number of aromatic nitrogens is 1. The maximum absolute atomic E-state index is 14.1. The van der Waals surface area contributed by atoms with Gasteiger partial charge in [0.05, 0.1) is 5.56 Å². The summed E-state index contributed by atoms with van der Waals surface area (Å²) in [5.74, 6) is 2.48. The Bertz CT molecular complexity index is 467. The molecule has 1 aromatic rings. The van der Waals surface area contributed by atoms with Crippen LogP contribution in [0.15, 0.2) is 12.3 Å². The highest BCUT2D eigenvalue weighted by atomic mass is 32.2. The Morgan fingerprint density at radius 2 is 2.40 bits per heavy atom. The van der Waals surface area contributed by atoms with E-state index in [2.05, 4.69) is 15.6 Å². The molecule has 20 heavy (non-hydrogen) atoms. The zero-order valence-electron chi connectivity index (χ0n) is 11.3. The summed E-state index contributed by atoms with van der Waals surface area (Å²) in [6, 6.07) is 1.41. The van der Waals surface area contributed by atoms with Crippen LogP contribution in [-0.4, -0.2) is 46.5 Å². The van der Waals surface area contributed by atoms with Gasteiger partial charge >= 0.3 is 0 Å². The van der Waals surface area contributed by atoms with Crippen LogP contribution in [0.2, 0.25) is 0 Å². The van der Waals surface area contributed by atoms with E-state index in [9.17, 15) is 9.18 Å². The highest BCUT2D eigenvalue weighted by molar-refractivity contribution is 8.06. The number of anilines is 1. The topological polar surface area (TPSA) is 54.0 Å². The molecule has 0 radical (unpaired) electrons. The minimum Gasteiger partial charge on any atom is -0.368 e. The van der Waals surface area contributed by atoms with Gasteiger partial charge in [0.25, 0.3) is 5.91 Å². The molecule has 0 bridgehead atoms. The predicted molar refractivity (Wildman–Crippen MR) is 84.3 cm³/mol. The molecule has 1 unspecified atom stereocenters. The van der Waals surface area contributed by atoms with Crippen molar-refractivity contribution < 1.29 is 9.18 Å². The molecule has 1 aliphatic rings. The van der Waals surface area contributed by atoms with Crippen molar-refractivity contribution in [3.63, 3.8) is 0 Å². The minimum absolute atomic E-state index is 0.0458. The predicted octanol–water partition coefficient (Wildman–Crippen LogP) is 2.23. The van der Waals surface area contributed by atoms with Gasteiger partial charge in [0.15, 0.2) is 11.6 Å². The second-order valence-electron chi connectivity index (χ2n) is 4.33. The van der Waals surface area contributed by atoms with Crippen molar-refractivity contribution in [1.82, 2.24) is 10.3 Å². The third kappa shape index (κ3) is 4.02. The number of hydrogen-bond acceptors (Lipinski definition) is 5. The van der Waals surface area contributed by atoms with E-state index in [4.69, 9.17) is 0 Å². The van der Waals surface area contributed by atoms with E-state index in [1.54, 1.807) is 0 Å². The van der Waals surface area contributed by atoms with Gasteiger partial charge in [-0.2, -0.15) is 23.5 Å². The fourth-order valence-electron chi connectivity index (χ4n) is 1.87. The molecule has 0 aliphatic carbocycles. The van der Waals surface area contributed by atoms with Crippen molar-refractivity contribution in [1.29, 1.82) is 0 Å². The third-order valence-corrected chi connectivity index (χ3v) is 5.70. The summed E-state index contributed by atoms with van der Waals surface area (Å²) in [5, 5.41) is 6.03. The number of halogens is 1. The maximum atomic E-state index is 14.1. The van der Waals surface area contributed by atoms with Gasteiger partial charge in [0.2, 0.25) is 0 Å². The van der Waals surface area contributed by atoms with Crippen LogP contribution in [0.4, 0.5) is 10.2 Å². The summed E-state index contributed by atoms with van der Waals surface area (Å²) in [4.78, 5) is 15.9. The largest absolute Gasteiger partial charge is 0.368 e. The SMILES string of the molecule is CCNc1nccc(C(=O)NCC2CSCCS2)c1F. The van der Waals surface area contributed by atoms with Gasteiger partial charge in [0, 0.05) is 41.8 Å². The van der Waals surface area contributed by atoms with Crippen LogP contribution in [0, 0.1) is 5.82 Å². The normalized spacial score (nSPS) is 18.6. The van der Waals surface area contributed by atoms with Crippen molar-refractivity contribution >= 4 is 35.2 Å². The molecule has 2 N–H and O–H groups in total. The second-order valence-corrected chi connectivity index (χ2v) is 6.89. The van der Waals surface area contributed by atoms with Gasteiger partial charge < -0.3 is 10.6 Å². The maximum Gasteiger partial charge on any atom is 0.254 e. The fourth-order valence-corrected chi connectivity index (χ4v) is 4.48. The molecule has 2 heterocycles. The van der Waals surface area contributed by atoms with Crippen LogP contribution in [0.1, 0.15) is 17.3 Å². The summed E-state index contributed by atoms with van der Waals surface area (Å²) >= 11 is 3.76. The molecule has 110 valence electrons. The summed E-state index contributed by atoms with van der Waals surface area (Å²) in [7, 11) is 0. The van der Waals surface area contributed by atoms with E-state index in [-0.39, 0.29) is 17.3 Å². The Labute approximate surface area is 126 Å². The first-order chi connectivity index (χ1) is 9.72. The van der Waals surface area contributed by atoms with Crippen LogP contribution in [0.5, 0.6) is 0 Å². The summed E-state index contributed by atoms with van der Waals surface area (Å²) < 4.78 is 14.1. The van der Waals surface area contributed by atoms with E-state index in [0.717, 1.165) is 11.5 Å². The van der Waals surface area contributed by atoms with Gasteiger partial charge in [-0.1, -0.05) is 0 Å². The van der Waals surface area contributed by atoms with Crippen molar-refractivity contribution in [2.45, 2.75) is 12.2 Å². The molecular weight excluding hydrogens is 297 g/mol. The lowest BCUT2D eigenvalue weighted by Gasteiger charge is -2.21. The summed E-state index contributed by atoms with van der Waals surface area (Å²) in [5.41, 5.74) is 0.0458. The molecule has 1 fully saturated rings. The first-order valence-corrected chi connectivity index (χ1v) is 8.78. The number of amides is 1. The minimum atomic E-state index is -0.586. The molecule has 7 heteroatoms. The van der Waals surface area contributed by atoms with Crippen LogP contribution < -0.4 is 10.6 Å². The number of carbonyl (C=O) groups is 1. The van der Waals surface area contributed by atoms with Crippen molar-refractivity contribution in [2.24, 2.45) is 0 Å². The molecule has 1 saturated heterocycles. The van der Waals surface area contributed by atoms with E-state index in [1.165, 1.54) is 18.0 Å². The van der Waals surface area contributed by atoms with Gasteiger partial charge in [-0.3, -0.25) is 4.79 Å². The number of nitrogens with zero attached hydrogens (tertiary/aromatic N) is 1. The van der Waals surface area contributed by atoms with E-state index in [1.807, 2.05) is 30.4 Å². The number of thioether (sulfide) groups is 2. The average molecular weight is 315 g/mol. The zero-order chi connectivity index (χ0) is 14.4. The Balaban J connectivity index is 1.96.